The van der Waals surface area contributed by atoms with Gasteiger partial charge in [0, 0.05) is 31.6 Å². The van der Waals surface area contributed by atoms with Gasteiger partial charge in [0.05, 0.1) is 0 Å². The van der Waals surface area contributed by atoms with Gasteiger partial charge >= 0.3 is 0 Å². The van der Waals surface area contributed by atoms with Crippen LogP contribution in [0.2, 0.25) is 0 Å². The maximum absolute atomic E-state index is 3.58. The number of nitrogens with one attached hydrogen (secondary N) is 2. The van der Waals surface area contributed by atoms with E-state index in [4.69, 9.17) is 0 Å². The summed E-state index contributed by atoms with van der Waals surface area (Å²) in [7, 11) is 0. The second-order valence-corrected chi connectivity index (χ2v) is 5.63. The van der Waals surface area contributed by atoms with E-state index in [0.29, 0.717) is 5.41 Å². The predicted octanol–water partition coefficient (Wildman–Crippen LogP) is 2.50. The minimum atomic E-state index is 0.453. The van der Waals surface area contributed by atoms with Crippen molar-refractivity contribution in [2.24, 2.45) is 11.3 Å². The Morgan fingerprint density at radius 3 is 2.74 bits per heavy atom. The summed E-state index contributed by atoms with van der Waals surface area (Å²) in [6.45, 7) is 4.14. The molecule has 2 unspecified atom stereocenters. The summed E-state index contributed by atoms with van der Waals surface area (Å²) in [6.07, 6.45) is 10.4. The predicted molar refractivity (Wildman–Crippen MR) is 79.8 cm³/mol. The van der Waals surface area contributed by atoms with Crippen molar-refractivity contribution in [3.8, 4) is 0 Å². The molecule has 1 saturated carbocycles. The van der Waals surface area contributed by atoms with Crippen LogP contribution < -0.4 is 10.6 Å². The zero-order valence-corrected chi connectivity index (χ0v) is 11.3. The summed E-state index contributed by atoms with van der Waals surface area (Å²) in [4.78, 5) is 0. The molecule has 1 aromatic rings. The van der Waals surface area contributed by atoms with Gasteiger partial charge < -0.3 is 10.6 Å². The Balaban J connectivity index is 1.28. The van der Waals surface area contributed by atoms with Crippen molar-refractivity contribution in [3.05, 3.63) is 60.2 Å². The molecule has 0 radical (unpaired) electrons. The lowest BCUT2D eigenvalue weighted by Gasteiger charge is -2.15. The molecule has 1 aromatic carbocycles. The summed E-state index contributed by atoms with van der Waals surface area (Å²) < 4.78 is 0. The van der Waals surface area contributed by atoms with E-state index < -0.39 is 0 Å². The van der Waals surface area contributed by atoms with Crippen LogP contribution in [-0.2, 0) is 6.54 Å². The summed E-state index contributed by atoms with van der Waals surface area (Å²) in [5.41, 5.74) is 1.80. The largest absolute Gasteiger partial charge is 0.315 e. The van der Waals surface area contributed by atoms with E-state index in [1.165, 1.54) is 12.0 Å². The van der Waals surface area contributed by atoms with Crippen molar-refractivity contribution in [1.82, 2.24) is 10.6 Å². The van der Waals surface area contributed by atoms with Crippen molar-refractivity contribution in [3.63, 3.8) is 0 Å². The quantitative estimate of drug-likeness (QED) is 0.731. The molecule has 0 bridgehead atoms. The maximum Gasteiger partial charge on any atom is 0.0206 e. The molecule has 100 valence electrons. The van der Waals surface area contributed by atoms with E-state index in [0.717, 1.165) is 32.1 Å². The van der Waals surface area contributed by atoms with Crippen molar-refractivity contribution >= 4 is 0 Å². The Labute approximate surface area is 115 Å². The van der Waals surface area contributed by atoms with Crippen LogP contribution >= 0.6 is 0 Å². The molecule has 0 amide bonds. The monoisotopic (exact) mass is 254 g/mol. The SMILES string of the molecule is C1=CC2CC2(CNCCNCc2ccccc2)C=C1. The van der Waals surface area contributed by atoms with Crippen LogP contribution in [0.3, 0.4) is 0 Å². The lowest BCUT2D eigenvalue weighted by Crippen LogP contribution is -2.31. The van der Waals surface area contributed by atoms with Gasteiger partial charge in [-0.25, -0.2) is 0 Å². The Morgan fingerprint density at radius 1 is 1.05 bits per heavy atom. The molecule has 2 aliphatic rings. The van der Waals surface area contributed by atoms with Gasteiger partial charge in [-0.05, 0) is 17.9 Å². The fraction of sp³-hybridized carbons (Fsp3) is 0.412. The lowest BCUT2D eigenvalue weighted by molar-refractivity contribution is 0.512. The molecule has 0 heterocycles. The fourth-order valence-electron chi connectivity index (χ4n) is 2.84. The highest BCUT2D eigenvalue weighted by molar-refractivity contribution is 5.29. The molecule has 0 aromatic heterocycles. The molecule has 3 rings (SSSR count). The number of allylic oxidation sites excluding steroid dienone is 3. The second kappa shape index (κ2) is 5.72. The van der Waals surface area contributed by atoms with Crippen molar-refractivity contribution < 1.29 is 0 Å². The Hall–Kier alpha value is -1.38. The van der Waals surface area contributed by atoms with E-state index in [1.54, 1.807) is 0 Å². The van der Waals surface area contributed by atoms with Crippen LogP contribution in [0.15, 0.2) is 54.6 Å². The van der Waals surface area contributed by atoms with Crippen molar-refractivity contribution in [2.45, 2.75) is 13.0 Å². The van der Waals surface area contributed by atoms with Crippen LogP contribution in [0.25, 0.3) is 0 Å². The summed E-state index contributed by atoms with van der Waals surface area (Å²) in [5.74, 6) is 0.794. The zero-order chi connectivity index (χ0) is 13.0. The molecule has 2 atom stereocenters. The van der Waals surface area contributed by atoms with Gasteiger partial charge in [-0.3, -0.25) is 0 Å². The summed E-state index contributed by atoms with van der Waals surface area (Å²) >= 11 is 0. The minimum Gasteiger partial charge on any atom is -0.315 e. The highest BCUT2D eigenvalue weighted by Crippen LogP contribution is 2.55. The molecule has 19 heavy (non-hydrogen) atoms. The van der Waals surface area contributed by atoms with Crippen LogP contribution in [0.4, 0.5) is 0 Å². The third-order valence-electron chi connectivity index (χ3n) is 4.17. The normalized spacial score (nSPS) is 27.3. The number of hydrogen-bond donors (Lipinski definition) is 2. The molecule has 0 aliphatic heterocycles. The molecular formula is C17H22N2. The number of rotatable bonds is 7. The van der Waals surface area contributed by atoms with Crippen molar-refractivity contribution in [2.75, 3.05) is 19.6 Å². The maximum atomic E-state index is 3.58. The Kier molecular flexibility index (Phi) is 3.81. The lowest BCUT2D eigenvalue weighted by atomic mass is 9.99. The van der Waals surface area contributed by atoms with Gasteiger partial charge in [-0.15, -0.1) is 0 Å². The van der Waals surface area contributed by atoms with Gasteiger partial charge in [0.25, 0.3) is 0 Å². The van der Waals surface area contributed by atoms with E-state index in [-0.39, 0.29) is 0 Å². The number of hydrogen-bond acceptors (Lipinski definition) is 2. The highest BCUT2D eigenvalue weighted by Gasteiger charge is 2.50. The molecule has 2 N–H and O–H groups in total. The van der Waals surface area contributed by atoms with E-state index in [2.05, 4.69) is 65.3 Å². The van der Waals surface area contributed by atoms with Crippen LogP contribution in [-0.4, -0.2) is 19.6 Å². The first-order chi connectivity index (χ1) is 9.39. The molecular weight excluding hydrogens is 232 g/mol. The molecule has 1 fully saturated rings. The molecule has 2 heteroatoms. The van der Waals surface area contributed by atoms with E-state index in [9.17, 15) is 0 Å². The summed E-state index contributed by atoms with van der Waals surface area (Å²) in [6, 6.07) is 10.6. The number of benzene rings is 1. The van der Waals surface area contributed by atoms with Gasteiger partial charge in [0.15, 0.2) is 0 Å². The van der Waals surface area contributed by atoms with E-state index >= 15 is 0 Å². The van der Waals surface area contributed by atoms with Gasteiger partial charge in [0.1, 0.15) is 0 Å². The Bertz CT molecular complexity index is 463. The standard InChI is InChI=1S/C17H22N2/c1-2-6-15(7-3-1)13-18-10-11-19-14-17-9-5-4-8-16(17)12-17/h1-9,16,18-19H,10-14H2. The third kappa shape index (κ3) is 3.14. The average Bonchev–Trinajstić information content (AvgIpc) is 3.18. The van der Waals surface area contributed by atoms with Crippen LogP contribution in [0, 0.1) is 11.3 Å². The molecule has 0 saturated heterocycles. The van der Waals surface area contributed by atoms with Crippen LogP contribution in [0.5, 0.6) is 0 Å². The first kappa shape index (κ1) is 12.6. The van der Waals surface area contributed by atoms with E-state index in [1.807, 2.05) is 0 Å². The molecule has 2 aliphatic carbocycles. The van der Waals surface area contributed by atoms with Crippen LogP contribution in [0.1, 0.15) is 12.0 Å². The first-order valence-electron chi connectivity index (χ1n) is 7.20. The molecule has 0 spiro atoms. The summed E-state index contributed by atoms with van der Waals surface area (Å²) in [5, 5.41) is 7.05. The highest BCUT2D eigenvalue weighted by atomic mass is 15.0. The zero-order valence-electron chi connectivity index (χ0n) is 11.3. The first-order valence-corrected chi connectivity index (χ1v) is 7.20. The number of fused-ring (bicyclic) bond motifs is 1. The van der Waals surface area contributed by atoms with Gasteiger partial charge in [-0.1, -0.05) is 54.6 Å². The van der Waals surface area contributed by atoms with Gasteiger partial charge in [-0.2, -0.15) is 0 Å². The van der Waals surface area contributed by atoms with Crippen molar-refractivity contribution in [1.29, 1.82) is 0 Å². The smallest absolute Gasteiger partial charge is 0.0206 e. The average molecular weight is 254 g/mol. The fourth-order valence-corrected chi connectivity index (χ4v) is 2.84. The third-order valence-corrected chi connectivity index (χ3v) is 4.17. The molecule has 2 nitrogen and oxygen atoms in total. The minimum absolute atomic E-state index is 0.453. The Morgan fingerprint density at radius 2 is 1.89 bits per heavy atom. The topological polar surface area (TPSA) is 24.1 Å². The van der Waals surface area contributed by atoms with Gasteiger partial charge in [0.2, 0.25) is 0 Å². The second-order valence-electron chi connectivity index (χ2n) is 5.63.